The number of fused-ring (bicyclic) bond motifs is 1. The summed E-state index contributed by atoms with van der Waals surface area (Å²) >= 11 is 6.26. The lowest BCUT2D eigenvalue weighted by Crippen LogP contribution is -2.37. The lowest BCUT2D eigenvalue weighted by molar-refractivity contribution is -0.126. The zero-order chi connectivity index (χ0) is 18.7. The fourth-order valence-corrected chi connectivity index (χ4v) is 2.85. The van der Waals surface area contributed by atoms with Crippen LogP contribution in [0, 0.1) is 0 Å². The van der Waals surface area contributed by atoms with Crippen LogP contribution in [-0.2, 0) is 9.53 Å². The van der Waals surface area contributed by atoms with E-state index in [1.54, 1.807) is 18.2 Å². The molecule has 1 aromatic heterocycles. The van der Waals surface area contributed by atoms with E-state index in [9.17, 15) is 9.59 Å². The van der Waals surface area contributed by atoms with E-state index in [0.29, 0.717) is 27.3 Å². The van der Waals surface area contributed by atoms with Gasteiger partial charge in [-0.05, 0) is 18.2 Å². The molecule has 26 heavy (non-hydrogen) atoms. The fraction of sp³-hybridized carbons (Fsp3) is 0.158. The highest BCUT2D eigenvalue weighted by Crippen LogP contribution is 2.33. The summed E-state index contributed by atoms with van der Waals surface area (Å²) in [7, 11) is 1.44. The average molecular weight is 374 g/mol. The Labute approximate surface area is 154 Å². The fourth-order valence-electron chi connectivity index (χ4n) is 2.61. The quantitative estimate of drug-likeness (QED) is 0.670. The van der Waals surface area contributed by atoms with E-state index in [2.05, 4.69) is 0 Å². The van der Waals surface area contributed by atoms with Crippen LogP contribution in [0.1, 0.15) is 0 Å². The Hall–Kier alpha value is -2.83. The van der Waals surface area contributed by atoms with Gasteiger partial charge in [-0.3, -0.25) is 4.79 Å². The van der Waals surface area contributed by atoms with Gasteiger partial charge in [0.2, 0.25) is 0 Å². The Kier molecular flexibility index (Phi) is 5.25. The van der Waals surface area contributed by atoms with Crippen molar-refractivity contribution in [3.8, 4) is 16.9 Å². The Morgan fingerprint density at radius 3 is 2.65 bits per heavy atom. The topological polar surface area (TPSA) is 91.8 Å². The number of methoxy groups -OCH3 is 1. The molecule has 0 bridgehead atoms. The van der Waals surface area contributed by atoms with Gasteiger partial charge in [-0.25, -0.2) is 4.79 Å². The second kappa shape index (κ2) is 7.59. The molecule has 2 N–H and O–H groups in total. The highest BCUT2D eigenvalue weighted by Gasteiger charge is 2.18. The largest absolute Gasteiger partial charge is 0.478 e. The minimum atomic E-state index is -0.948. The second-order valence-corrected chi connectivity index (χ2v) is 5.99. The summed E-state index contributed by atoms with van der Waals surface area (Å²) in [5.74, 6) is -0.323. The normalized spacial score (nSPS) is 12.1. The number of hydrogen-bond acceptors (Lipinski definition) is 5. The van der Waals surface area contributed by atoms with Crippen molar-refractivity contribution in [2.75, 3.05) is 13.7 Å². The van der Waals surface area contributed by atoms with Gasteiger partial charge in [0.05, 0.1) is 6.61 Å². The van der Waals surface area contributed by atoms with Crippen molar-refractivity contribution in [2.24, 2.45) is 5.73 Å². The molecule has 0 aliphatic heterocycles. The summed E-state index contributed by atoms with van der Waals surface area (Å²) in [4.78, 5) is 23.4. The molecule has 1 heterocycles. The molecule has 3 rings (SSSR count). The van der Waals surface area contributed by atoms with Crippen LogP contribution in [-0.4, -0.2) is 25.7 Å². The van der Waals surface area contributed by atoms with Crippen molar-refractivity contribution in [3.05, 3.63) is 64.0 Å². The van der Waals surface area contributed by atoms with Gasteiger partial charge < -0.3 is 19.6 Å². The monoisotopic (exact) mass is 373 g/mol. The molecule has 6 nitrogen and oxygen atoms in total. The van der Waals surface area contributed by atoms with Crippen molar-refractivity contribution in [1.82, 2.24) is 0 Å². The molecule has 0 aliphatic carbocycles. The van der Waals surface area contributed by atoms with Crippen LogP contribution in [0.15, 0.2) is 57.7 Å². The molecular weight excluding hydrogens is 358 g/mol. The summed E-state index contributed by atoms with van der Waals surface area (Å²) in [6, 6.07) is 13.5. The highest BCUT2D eigenvalue weighted by atomic mass is 35.5. The van der Waals surface area contributed by atoms with Crippen molar-refractivity contribution in [2.45, 2.75) is 6.10 Å². The number of primary amides is 1. The molecule has 7 heteroatoms. The first-order valence-corrected chi connectivity index (χ1v) is 8.15. The lowest BCUT2D eigenvalue weighted by Gasteiger charge is -2.15. The van der Waals surface area contributed by atoms with Gasteiger partial charge >= 0.3 is 5.63 Å². The standard InChI is InChI=1S/C19H16ClNO5/c1-24-10-17(19(21)23)25-11-6-7-13-14(9-18(22)26-16(13)8-11)12-4-2-3-5-15(12)20/h2-9,17H,10H2,1H3,(H2,21,23). The third-order valence-corrected chi connectivity index (χ3v) is 4.12. The molecule has 0 aliphatic rings. The van der Waals surface area contributed by atoms with Crippen molar-refractivity contribution < 1.29 is 18.7 Å². The molecular formula is C19H16ClNO5. The predicted molar refractivity (Wildman–Crippen MR) is 98.4 cm³/mol. The SMILES string of the molecule is COCC(Oc1ccc2c(-c3ccccc3Cl)cc(=O)oc2c1)C(N)=O. The van der Waals surface area contributed by atoms with Crippen LogP contribution in [0.3, 0.4) is 0 Å². The first-order valence-electron chi connectivity index (χ1n) is 7.77. The molecule has 0 fully saturated rings. The molecule has 1 unspecified atom stereocenters. The van der Waals surface area contributed by atoms with Crippen molar-refractivity contribution in [1.29, 1.82) is 0 Å². The van der Waals surface area contributed by atoms with Crippen LogP contribution in [0.25, 0.3) is 22.1 Å². The summed E-state index contributed by atoms with van der Waals surface area (Å²) in [6.45, 7) is 0.0109. The third-order valence-electron chi connectivity index (χ3n) is 3.79. The molecule has 3 aromatic rings. The summed E-state index contributed by atoms with van der Waals surface area (Å²) < 4.78 is 15.7. The minimum absolute atomic E-state index is 0.0109. The number of carbonyl (C=O) groups excluding carboxylic acids is 1. The minimum Gasteiger partial charge on any atom is -0.478 e. The maximum absolute atomic E-state index is 12.0. The van der Waals surface area contributed by atoms with Gasteiger partial charge in [-0.1, -0.05) is 29.8 Å². The van der Waals surface area contributed by atoms with Gasteiger partial charge in [0.15, 0.2) is 6.10 Å². The van der Waals surface area contributed by atoms with Crippen LogP contribution in [0.5, 0.6) is 5.75 Å². The first kappa shape index (κ1) is 18.0. The van der Waals surface area contributed by atoms with Crippen molar-refractivity contribution in [3.63, 3.8) is 0 Å². The van der Waals surface area contributed by atoms with E-state index >= 15 is 0 Å². The van der Waals surface area contributed by atoms with Crippen LogP contribution in [0.2, 0.25) is 5.02 Å². The van der Waals surface area contributed by atoms with Crippen molar-refractivity contribution >= 4 is 28.5 Å². The molecule has 1 amide bonds. The van der Waals surface area contributed by atoms with Gasteiger partial charge in [0, 0.05) is 40.8 Å². The first-order chi connectivity index (χ1) is 12.5. The summed E-state index contributed by atoms with van der Waals surface area (Å²) in [6.07, 6.45) is -0.948. The van der Waals surface area contributed by atoms with E-state index in [0.717, 1.165) is 5.56 Å². The Bertz CT molecular complexity index is 1010. The second-order valence-electron chi connectivity index (χ2n) is 5.58. The molecule has 0 saturated heterocycles. The number of carbonyl (C=O) groups is 1. The van der Waals surface area contributed by atoms with E-state index in [1.165, 1.54) is 19.2 Å². The van der Waals surface area contributed by atoms with Crippen LogP contribution in [0.4, 0.5) is 0 Å². The number of halogens is 1. The van der Waals surface area contributed by atoms with Gasteiger partial charge in [-0.2, -0.15) is 0 Å². The number of ether oxygens (including phenoxy) is 2. The lowest BCUT2D eigenvalue weighted by atomic mass is 10.0. The zero-order valence-electron chi connectivity index (χ0n) is 13.9. The van der Waals surface area contributed by atoms with E-state index in [-0.39, 0.29) is 6.61 Å². The summed E-state index contributed by atoms with van der Waals surface area (Å²) in [5.41, 5.74) is 6.45. The van der Waals surface area contributed by atoms with E-state index in [1.807, 2.05) is 18.2 Å². The number of hydrogen-bond donors (Lipinski definition) is 1. The zero-order valence-corrected chi connectivity index (χ0v) is 14.7. The van der Waals surface area contributed by atoms with Crippen LogP contribution < -0.4 is 16.1 Å². The van der Waals surface area contributed by atoms with Gasteiger partial charge in [0.1, 0.15) is 11.3 Å². The highest BCUT2D eigenvalue weighted by molar-refractivity contribution is 6.33. The Morgan fingerprint density at radius 2 is 1.96 bits per heavy atom. The molecule has 134 valence electrons. The number of rotatable bonds is 6. The maximum atomic E-state index is 12.0. The number of amides is 1. The number of benzene rings is 2. The molecule has 0 spiro atoms. The smallest absolute Gasteiger partial charge is 0.336 e. The molecule has 0 radical (unpaired) electrons. The molecule has 1 atom stereocenters. The molecule has 2 aromatic carbocycles. The van der Waals surface area contributed by atoms with Crippen LogP contribution >= 0.6 is 11.6 Å². The summed E-state index contributed by atoms with van der Waals surface area (Å²) in [5, 5.41) is 1.21. The van der Waals surface area contributed by atoms with E-state index < -0.39 is 17.6 Å². The van der Waals surface area contributed by atoms with Gasteiger partial charge in [-0.15, -0.1) is 0 Å². The Balaban J connectivity index is 2.08. The predicted octanol–water partition coefficient (Wildman–Crippen LogP) is 2.99. The molecule has 0 saturated carbocycles. The number of nitrogens with two attached hydrogens (primary N) is 1. The average Bonchev–Trinajstić information content (AvgIpc) is 2.60. The van der Waals surface area contributed by atoms with Gasteiger partial charge in [0.25, 0.3) is 5.91 Å². The Morgan fingerprint density at radius 1 is 1.19 bits per heavy atom. The van der Waals surface area contributed by atoms with E-state index in [4.69, 9.17) is 31.2 Å². The third kappa shape index (κ3) is 3.71. The maximum Gasteiger partial charge on any atom is 0.336 e.